The number of halogens is 5. The van der Waals surface area contributed by atoms with Crippen molar-refractivity contribution in [1.82, 2.24) is 0 Å². The largest absolute Gasteiger partial charge is 0.398 e. The van der Waals surface area contributed by atoms with Crippen LogP contribution in [0.15, 0.2) is 64.4 Å². The van der Waals surface area contributed by atoms with E-state index in [-0.39, 0.29) is 11.3 Å². The number of nitrogens with zero attached hydrogens (tertiary/aromatic N) is 1. The molecule has 3 aromatic rings. The number of alkyl halides is 3. The molecule has 0 radical (unpaired) electrons. The van der Waals surface area contributed by atoms with Crippen molar-refractivity contribution in [3.63, 3.8) is 0 Å². The molecule has 0 spiro atoms. The summed E-state index contributed by atoms with van der Waals surface area (Å²) in [7, 11) is 0. The Labute approximate surface area is 180 Å². The van der Waals surface area contributed by atoms with E-state index in [1.807, 2.05) is 6.07 Å². The zero-order valence-electron chi connectivity index (χ0n) is 14.7. The molecule has 2 N–H and O–H groups in total. The fraction of sp³-hybridized carbons (Fsp3) is 0.0952. The molecule has 0 amide bonds. The normalized spacial score (nSPS) is 11.3. The number of hydrogen-bond acceptors (Lipinski definition) is 3. The molecule has 0 saturated carbocycles. The van der Waals surface area contributed by atoms with Crippen molar-refractivity contribution < 1.29 is 13.2 Å². The molecule has 29 heavy (non-hydrogen) atoms. The third-order valence-corrected chi connectivity index (χ3v) is 5.55. The van der Waals surface area contributed by atoms with Crippen LogP contribution >= 0.6 is 35.0 Å². The molecule has 3 aromatic carbocycles. The first-order valence-corrected chi connectivity index (χ1v) is 9.85. The fourth-order valence-electron chi connectivity index (χ4n) is 2.77. The Morgan fingerprint density at radius 1 is 0.931 bits per heavy atom. The van der Waals surface area contributed by atoms with E-state index in [0.717, 1.165) is 11.8 Å². The maximum atomic E-state index is 13.2. The SMILES string of the molecule is N#Cc1ccc(-c2ccc(Sc3cc(Cl)cc(Cl)c3)c(CC(F)(F)F)c2)cc1N. The third kappa shape index (κ3) is 5.60. The van der Waals surface area contributed by atoms with Gasteiger partial charge in [0.15, 0.2) is 0 Å². The summed E-state index contributed by atoms with van der Waals surface area (Å²) < 4.78 is 39.5. The first kappa shape index (κ1) is 21.4. The van der Waals surface area contributed by atoms with E-state index >= 15 is 0 Å². The summed E-state index contributed by atoms with van der Waals surface area (Å²) in [5, 5.41) is 9.80. The lowest BCUT2D eigenvalue weighted by molar-refractivity contribution is -0.127. The summed E-state index contributed by atoms with van der Waals surface area (Å²) in [4.78, 5) is 1.09. The van der Waals surface area contributed by atoms with Crippen LogP contribution < -0.4 is 5.73 Å². The maximum Gasteiger partial charge on any atom is 0.393 e. The monoisotopic (exact) mass is 452 g/mol. The molecule has 0 aliphatic rings. The Balaban J connectivity index is 2.03. The van der Waals surface area contributed by atoms with Gasteiger partial charge in [-0.25, -0.2) is 0 Å². The summed E-state index contributed by atoms with van der Waals surface area (Å²) in [6, 6.07) is 16.4. The fourth-order valence-corrected chi connectivity index (χ4v) is 4.45. The molecule has 0 fully saturated rings. The molecular formula is C21H13Cl2F3N2S. The van der Waals surface area contributed by atoms with Crippen molar-refractivity contribution in [1.29, 1.82) is 5.26 Å². The van der Waals surface area contributed by atoms with Gasteiger partial charge in [-0.2, -0.15) is 18.4 Å². The number of nitrogens with two attached hydrogens (primary N) is 1. The summed E-state index contributed by atoms with van der Waals surface area (Å²) in [6.07, 6.45) is -5.45. The molecular weight excluding hydrogens is 440 g/mol. The van der Waals surface area contributed by atoms with Crippen LogP contribution in [0.25, 0.3) is 11.1 Å². The van der Waals surface area contributed by atoms with Crippen LogP contribution in [0.4, 0.5) is 18.9 Å². The van der Waals surface area contributed by atoms with Crippen molar-refractivity contribution in [2.45, 2.75) is 22.4 Å². The van der Waals surface area contributed by atoms with E-state index in [2.05, 4.69) is 0 Å². The Morgan fingerprint density at radius 3 is 2.14 bits per heavy atom. The van der Waals surface area contributed by atoms with Gasteiger partial charge in [0.25, 0.3) is 0 Å². The number of anilines is 1. The van der Waals surface area contributed by atoms with Crippen LogP contribution in [-0.4, -0.2) is 6.18 Å². The molecule has 0 aliphatic carbocycles. The van der Waals surface area contributed by atoms with E-state index in [9.17, 15) is 13.2 Å². The van der Waals surface area contributed by atoms with Gasteiger partial charge in [0, 0.05) is 19.8 Å². The van der Waals surface area contributed by atoms with Gasteiger partial charge in [0.05, 0.1) is 17.7 Å². The van der Waals surface area contributed by atoms with Gasteiger partial charge in [-0.05, 0) is 59.2 Å². The molecule has 0 bridgehead atoms. The summed E-state index contributed by atoms with van der Waals surface area (Å²) in [6.45, 7) is 0. The first-order valence-electron chi connectivity index (χ1n) is 8.28. The van der Waals surface area contributed by atoms with Crippen LogP contribution in [0.1, 0.15) is 11.1 Å². The van der Waals surface area contributed by atoms with Crippen LogP contribution in [-0.2, 0) is 6.42 Å². The molecule has 0 aliphatic heterocycles. The van der Waals surface area contributed by atoms with E-state index in [4.69, 9.17) is 34.2 Å². The molecule has 0 saturated heterocycles. The Bertz CT molecular complexity index is 1090. The number of rotatable bonds is 4. The van der Waals surface area contributed by atoms with Crippen LogP contribution in [0.3, 0.4) is 0 Å². The molecule has 148 valence electrons. The van der Waals surface area contributed by atoms with Gasteiger partial charge < -0.3 is 5.73 Å². The molecule has 8 heteroatoms. The molecule has 0 atom stereocenters. The van der Waals surface area contributed by atoms with Gasteiger partial charge in [-0.3, -0.25) is 0 Å². The van der Waals surface area contributed by atoms with Crippen LogP contribution in [0, 0.1) is 11.3 Å². The minimum Gasteiger partial charge on any atom is -0.398 e. The summed E-state index contributed by atoms with van der Waals surface area (Å²) in [5.41, 5.74) is 7.76. The smallest absolute Gasteiger partial charge is 0.393 e. The van der Waals surface area contributed by atoms with Gasteiger partial charge in [-0.15, -0.1) is 0 Å². The van der Waals surface area contributed by atoms with Crippen molar-refractivity contribution in [3.05, 3.63) is 75.8 Å². The summed E-state index contributed by atoms with van der Waals surface area (Å²) >= 11 is 13.1. The van der Waals surface area contributed by atoms with Gasteiger partial charge in [-0.1, -0.05) is 47.1 Å². The zero-order valence-corrected chi connectivity index (χ0v) is 17.1. The standard InChI is InChI=1S/C21H13Cl2F3N2S/c22-16-7-17(23)9-18(8-16)29-20-4-3-12(5-15(20)10-21(24,25)26)13-1-2-14(11-27)19(28)6-13/h1-9H,10,28H2. The number of benzene rings is 3. The maximum absolute atomic E-state index is 13.2. The number of nitrogen functional groups attached to an aromatic ring is 1. The van der Waals surface area contributed by atoms with Crippen LogP contribution in [0.2, 0.25) is 10.0 Å². The molecule has 3 rings (SSSR count). The van der Waals surface area contributed by atoms with Gasteiger partial charge in [0.1, 0.15) is 6.07 Å². The van der Waals surface area contributed by atoms with E-state index < -0.39 is 12.6 Å². The number of nitriles is 1. The lowest BCUT2D eigenvalue weighted by Gasteiger charge is -2.14. The quantitative estimate of drug-likeness (QED) is 0.420. The average molecular weight is 453 g/mol. The highest BCUT2D eigenvalue weighted by Crippen LogP contribution is 2.38. The van der Waals surface area contributed by atoms with Crippen molar-refractivity contribution >= 4 is 40.7 Å². The molecule has 0 unspecified atom stereocenters. The lowest BCUT2D eigenvalue weighted by atomic mass is 9.99. The second-order valence-corrected chi connectivity index (χ2v) is 8.22. The van der Waals surface area contributed by atoms with Crippen molar-refractivity contribution in [3.8, 4) is 17.2 Å². The van der Waals surface area contributed by atoms with E-state index in [1.165, 1.54) is 6.07 Å². The molecule has 0 aromatic heterocycles. The zero-order chi connectivity index (χ0) is 21.2. The number of hydrogen-bond donors (Lipinski definition) is 1. The minimum atomic E-state index is -4.37. The van der Waals surface area contributed by atoms with Crippen molar-refractivity contribution in [2.24, 2.45) is 0 Å². The predicted octanol–water partition coefficient (Wildman–Crippen LogP) is 7.37. The highest BCUT2D eigenvalue weighted by atomic mass is 35.5. The second kappa shape index (κ2) is 8.58. The minimum absolute atomic E-state index is 0.124. The summed E-state index contributed by atoms with van der Waals surface area (Å²) in [5.74, 6) is 0. The van der Waals surface area contributed by atoms with Gasteiger partial charge in [0.2, 0.25) is 0 Å². The first-order chi connectivity index (χ1) is 13.6. The topological polar surface area (TPSA) is 49.8 Å². The van der Waals surface area contributed by atoms with Crippen molar-refractivity contribution in [2.75, 3.05) is 5.73 Å². The Morgan fingerprint density at radius 2 is 1.55 bits per heavy atom. The molecule has 0 heterocycles. The Kier molecular flexibility index (Phi) is 6.33. The highest BCUT2D eigenvalue weighted by Gasteiger charge is 2.29. The van der Waals surface area contributed by atoms with Crippen LogP contribution in [0.5, 0.6) is 0 Å². The van der Waals surface area contributed by atoms with E-state index in [1.54, 1.807) is 48.5 Å². The second-order valence-electron chi connectivity index (χ2n) is 6.24. The van der Waals surface area contributed by atoms with E-state index in [0.29, 0.717) is 36.5 Å². The predicted molar refractivity (Wildman–Crippen MR) is 111 cm³/mol. The highest BCUT2D eigenvalue weighted by molar-refractivity contribution is 7.99. The average Bonchev–Trinajstić information content (AvgIpc) is 2.61. The third-order valence-electron chi connectivity index (χ3n) is 4.02. The lowest BCUT2D eigenvalue weighted by Crippen LogP contribution is -2.12. The Hall–Kier alpha value is -2.33. The molecule has 2 nitrogen and oxygen atoms in total. The van der Waals surface area contributed by atoms with Gasteiger partial charge >= 0.3 is 6.18 Å².